The van der Waals surface area contributed by atoms with Gasteiger partial charge in [-0.2, -0.15) is 0 Å². The highest BCUT2D eigenvalue weighted by atomic mass is 16.3. The van der Waals surface area contributed by atoms with Crippen molar-refractivity contribution in [1.82, 2.24) is 10.2 Å². The molecule has 0 spiro atoms. The number of hydrogen-bond donors (Lipinski definition) is 2. The molecule has 2 N–H and O–H groups in total. The lowest BCUT2D eigenvalue weighted by atomic mass is 9.98. The largest absolute Gasteiger partial charge is 0.390 e. The van der Waals surface area contributed by atoms with Crippen LogP contribution in [-0.2, 0) is 0 Å². The van der Waals surface area contributed by atoms with E-state index in [1.54, 1.807) is 0 Å². The molecule has 0 aromatic carbocycles. The Kier molecular flexibility index (Phi) is 4.27. The summed E-state index contributed by atoms with van der Waals surface area (Å²) in [7, 11) is 0. The summed E-state index contributed by atoms with van der Waals surface area (Å²) < 4.78 is 0. The van der Waals surface area contributed by atoms with Crippen LogP contribution < -0.4 is 5.32 Å². The molecule has 0 aromatic rings. The van der Waals surface area contributed by atoms with Gasteiger partial charge in [-0.15, -0.1) is 0 Å². The molecule has 4 nitrogen and oxygen atoms in total. The van der Waals surface area contributed by atoms with Crippen LogP contribution in [0.3, 0.4) is 0 Å². The molecule has 2 amide bonds. The third kappa shape index (κ3) is 3.73. The van der Waals surface area contributed by atoms with Crippen LogP contribution in [0, 0.1) is 0 Å². The fourth-order valence-corrected chi connectivity index (χ4v) is 2.65. The number of aliphatic hydroxyl groups is 1. The highest BCUT2D eigenvalue weighted by molar-refractivity contribution is 5.74. The topological polar surface area (TPSA) is 52.6 Å². The third-order valence-corrected chi connectivity index (χ3v) is 3.91. The second kappa shape index (κ2) is 5.74. The SMILES string of the molecule is C[C@@]1(O)CCCN(C(=O)N[C@@H]2C=CCCC2)CC1. The van der Waals surface area contributed by atoms with Crippen LogP contribution in [0.5, 0.6) is 0 Å². The minimum atomic E-state index is -0.611. The normalized spacial score (nSPS) is 33.0. The van der Waals surface area contributed by atoms with Gasteiger partial charge in [-0.1, -0.05) is 12.2 Å². The summed E-state index contributed by atoms with van der Waals surface area (Å²) in [5.41, 5.74) is -0.611. The van der Waals surface area contributed by atoms with Gasteiger partial charge in [0.2, 0.25) is 0 Å². The second-order valence-corrected chi connectivity index (χ2v) is 5.75. The van der Waals surface area contributed by atoms with Crippen molar-refractivity contribution in [3.05, 3.63) is 12.2 Å². The van der Waals surface area contributed by atoms with Gasteiger partial charge in [0.1, 0.15) is 0 Å². The number of urea groups is 1. The maximum atomic E-state index is 12.1. The van der Waals surface area contributed by atoms with Crippen LogP contribution in [0.2, 0.25) is 0 Å². The molecule has 18 heavy (non-hydrogen) atoms. The number of nitrogens with zero attached hydrogens (tertiary/aromatic N) is 1. The van der Waals surface area contributed by atoms with E-state index in [1.807, 2.05) is 11.8 Å². The lowest BCUT2D eigenvalue weighted by Gasteiger charge is -2.26. The van der Waals surface area contributed by atoms with Crippen LogP contribution in [0.1, 0.15) is 45.4 Å². The molecular formula is C14H24N2O2. The number of carbonyl (C=O) groups excluding carboxylic acids is 1. The summed E-state index contributed by atoms with van der Waals surface area (Å²) in [4.78, 5) is 14.0. The summed E-state index contributed by atoms with van der Waals surface area (Å²) in [6.07, 6.45) is 9.86. The Morgan fingerprint density at radius 3 is 2.94 bits per heavy atom. The molecule has 0 unspecified atom stereocenters. The van der Waals surface area contributed by atoms with E-state index in [0.29, 0.717) is 13.0 Å². The molecule has 0 saturated carbocycles. The van der Waals surface area contributed by atoms with Gasteiger partial charge in [-0.3, -0.25) is 0 Å². The number of nitrogens with one attached hydrogen (secondary N) is 1. The molecule has 1 aliphatic heterocycles. The Hall–Kier alpha value is -1.03. The van der Waals surface area contributed by atoms with Crippen molar-refractivity contribution in [3.8, 4) is 0 Å². The number of allylic oxidation sites excluding steroid dienone is 1. The molecular weight excluding hydrogens is 228 g/mol. The zero-order valence-corrected chi connectivity index (χ0v) is 11.2. The summed E-state index contributed by atoms with van der Waals surface area (Å²) in [5, 5.41) is 13.1. The molecule has 4 heteroatoms. The van der Waals surface area contributed by atoms with Crippen molar-refractivity contribution < 1.29 is 9.90 Å². The maximum absolute atomic E-state index is 12.1. The quantitative estimate of drug-likeness (QED) is 0.702. The van der Waals surface area contributed by atoms with Crippen LogP contribution in [-0.4, -0.2) is 40.8 Å². The molecule has 0 radical (unpaired) electrons. The molecule has 0 aromatic heterocycles. The van der Waals surface area contributed by atoms with Crippen molar-refractivity contribution in [2.75, 3.05) is 13.1 Å². The summed E-state index contributed by atoms with van der Waals surface area (Å²) in [6.45, 7) is 3.26. The molecule has 1 aliphatic carbocycles. The fraction of sp³-hybridized carbons (Fsp3) is 0.786. The van der Waals surface area contributed by atoms with Gasteiger partial charge in [-0.05, 0) is 45.4 Å². The van der Waals surface area contributed by atoms with Gasteiger partial charge in [-0.25, -0.2) is 4.79 Å². The lowest BCUT2D eigenvalue weighted by molar-refractivity contribution is 0.0456. The minimum absolute atomic E-state index is 0.0178. The van der Waals surface area contributed by atoms with Gasteiger partial charge >= 0.3 is 6.03 Å². The molecule has 0 bridgehead atoms. The lowest BCUT2D eigenvalue weighted by Crippen LogP contribution is -2.45. The third-order valence-electron chi connectivity index (χ3n) is 3.91. The number of likely N-dealkylation sites (tertiary alicyclic amines) is 1. The molecule has 2 atom stereocenters. The first-order valence-electron chi connectivity index (χ1n) is 7.01. The standard InChI is InChI=1S/C14H24N2O2/c1-14(18)8-5-10-16(11-9-14)13(17)15-12-6-3-2-4-7-12/h3,6,12,18H,2,4-5,7-11H2,1H3,(H,15,17)/t12-,14-/m1/s1. The van der Waals surface area contributed by atoms with E-state index in [-0.39, 0.29) is 12.1 Å². The molecule has 102 valence electrons. The van der Waals surface area contributed by atoms with Gasteiger partial charge in [0, 0.05) is 19.1 Å². The summed E-state index contributed by atoms with van der Waals surface area (Å²) in [6, 6.07) is 0.208. The van der Waals surface area contributed by atoms with E-state index in [9.17, 15) is 9.90 Å². The zero-order chi connectivity index (χ0) is 13.0. The first-order chi connectivity index (χ1) is 8.57. The minimum Gasteiger partial charge on any atom is -0.390 e. The van der Waals surface area contributed by atoms with E-state index in [4.69, 9.17) is 0 Å². The highest BCUT2D eigenvalue weighted by Crippen LogP contribution is 2.21. The first kappa shape index (κ1) is 13.4. The van der Waals surface area contributed by atoms with Crippen molar-refractivity contribution in [3.63, 3.8) is 0 Å². The predicted octanol–water partition coefficient (Wildman–Crippen LogP) is 2.04. The summed E-state index contributed by atoms with van der Waals surface area (Å²) >= 11 is 0. The van der Waals surface area contributed by atoms with Gasteiger partial charge in [0.15, 0.2) is 0 Å². The van der Waals surface area contributed by atoms with Crippen LogP contribution in [0.15, 0.2) is 12.2 Å². The Bertz CT molecular complexity index is 326. The second-order valence-electron chi connectivity index (χ2n) is 5.75. The number of amides is 2. The van der Waals surface area contributed by atoms with Crippen LogP contribution >= 0.6 is 0 Å². The number of rotatable bonds is 1. The van der Waals surface area contributed by atoms with E-state index >= 15 is 0 Å². The van der Waals surface area contributed by atoms with Gasteiger partial charge in [0.25, 0.3) is 0 Å². The smallest absolute Gasteiger partial charge is 0.317 e. The van der Waals surface area contributed by atoms with Crippen molar-refractivity contribution in [2.24, 2.45) is 0 Å². The van der Waals surface area contributed by atoms with E-state index in [1.165, 1.54) is 0 Å². The Morgan fingerprint density at radius 2 is 2.22 bits per heavy atom. The van der Waals surface area contributed by atoms with Crippen molar-refractivity contribution in [2.45, 2.75) is 57.1 Å². The van der Waals surface area contributed by atoms with Crippen LogP contribution in [0.25, 0.3) is 0 Å². The maximum Gasteiger partial charge on any atom is 0.317 e. The molecule has 1 saturated heterocycles. The van der Waals surface area contributed by atoms with E-state index in [0.717, 1.165) is 38.6 Å². The average Bonchev–Trinajstić information content (AvgIpc) is 2.51. The Balaban J connectivity index is 1.85. The van der Waals surface area contributed by atoms with Gasteiger partial charge in [0.05, 0.1) is 5.60 Å². The summed E-state index contributed by atoms with van der Waals surface area (Å²) in [5.74, 6) is 0. The van der Waals surface area contributed by atoms with E-state index < -0.39 is 5.60 Å². The predicted molar refractivity (Wildman–Crippen MR) is 71.4 cm³/mol. The van der Waals surface area contributed by atoms with Gasteiger partial charge < -0.3 is 15.3 Å². The average molecular weight is 252 g/mol. The van der Waals surface area contributed by atoms with Crippen molar-refractivity contribution in [1.29, 1.82) is 0 Å². The number of hydrogen-bond acceptors (Lipinski definition) is 2. The molecule has 1 heterocycles. The first-order valence-corrected chi connectivity index (χ1v) is 7.01. The highest BCUT2D eigenvalue weighted by Gasteiger charge is 2.27. The van der Waals surface area contributed by atoms with Crippen LogP contribution in [0.4, 0.5) is 4.79 Å². The van der Waals surface area contributed by atoms with Crippen molar-refractivity contribution >= 4 is 6.03 Å². The molecule has 1 fully saturated rings. The monoisotopic (exact) mass is 252 g/mol. The fourth-order valence-electron chi connectivity index (χ4n) is 2.65. The molecule has 2 rings (SSSR count). The Morgan fingerprint density at radius 1 is 1.39 bits per heavy atom. The molecule has 2 aliphatic rings. The zero-order valence-electron chi connectivity index (χ0n) is 11.2. The van der Waals surface area contributed by atoms with E-state index in [2.05, 4.69) is 17.5 Å². The Labute approximate surface area is 109 Å². The number of carbonyl (C=O) groups is 1.